The van der Waals surface area contributed by atoms with Crippen LogP contribution in [-0.4, -0.2) is 8.32 Å². The summed E-state index contributed by atoms with van der Waals surface area (Å²) in [6, 6.07) is 3.65. The van der Waals surface area contributed by atoms with Crippen molar-refractivity contribution in [3.63, 3.8) is 0 Å². The van der Waals surface area contributed by atoms with E-state index in [1.807, 2.05) is 6.08 Å². The molecule has 0 fully saturated rings. The van der Waals surface area contributed by atoms with E-state index in [2.05, 4.69) is 40.5 Å². The molecule has 0 saturated carbocycles. The molecule has 0 aromatic heterocycles. The highest BCUT2D eigenvalue weighted by Crippen LogP contribution is 2.24. The predicted octanol–water partition coefficient (Wildman–Crippen LogP) is 6.44. The fourth-order valence-corrected chi connectivity index (χ4v) is 4.80. The number of hydrogen-bond acceptors (Lipinski definition) is 1. The van der Waals surface area contributed by atoms with E-state index in [9.17, 15) is 0 Å². The molecule has 0 bridgehead atoms. The summed E-state index contributed by atoms with van der Waals surface area (Å²) in [7, 11) is -1.47. The van der Waals surface area contributed by atoms with Gasteiger partial charge in [0.05, 0.1) is 6.26 Å². The van der Waals surface area contributed by atoms with E-state index in [0.29, 0.717) is 0 Å². The molecule has 0 radical (unpaired) electrons. The standard InChI is InChI=1S/C17H34OSi/c1-6-11-12-13-15-17(14-7-2)16-18-19(8-3,9-4)10-5/h7,16H,2,6,8-15H2,1,3-5H3/b17-16-. The average molecular weight is 283 g/mol. The van der Waals surface area contributed by atoms with Crippen molar-refractivity contribution in [2.45, 2.75) is 84.4 Å². The van der Waals surface area contributed by atoms with Crippen LogP contribution in [0.25, 0.3) is 0 Å². The fourth-order valence-electron chi connectivity index (χ4n) is 2.38. The van der Waals surface area contributed by atoms with E-state index in [-0.39, 0.29) is 0 Å². The van der Waals surface area contributed by atoms with E-state index in [1.54, 1.807) is 0 Å². The highest BCUT2D eigenvalue weighted by atomic mass is 28.4. The summed E-state index contributed by atoms with van der Waals surface area (Å²) in [6.07, 6.45) is 11.5. The van der Waals surface area contributed by atoms with Crippen LogP contribution in [0, 0.1) is 0 Å². The monoisotopic (exact) mass is 282 g/mol. The van der Waals surface area contributed by atoms with Gasteiger partial charge in [-0.25, -0.2) is 0 Å². The molecule has 0 atom stereocenters. The second-order valence-corrected chi connectivity index (χ2v) is 10.2. The molecule has 1 nitrogen and oxygen atoms in total. The van der Waals surface area contributed by atoms with Gasteiger partial charge >= 0.3 is 0 Å². The van der Waals surface area contributed by atoms with Gasteiger partial charge in [-0.1, -0.05) is 53.0 Å². The third kappa shape index (κ3) is 7.61. The minimum absolute atomic E-state index is 0.980. The lowest BCUT2D eigenvalue weighted by Gasteiger charge is -2.27. The van der Waals surface area contributed by atoms with Crippen LogP contribution >= 0.6 is 0 Å². The molecule has 0 heterocycles. The van der Waals surface area contributed by atoms with E-state index in [1.165, 1.54) is 55.8 Å². The molecule has 0 aromatic rings. The molecule has 19 heavy (non-hydrogen) atoms. The summed E-state index contributed by atoms with van der Waals surface area (Å²) < 4.78 is 6.28. The van der Waals surface area contributed by atoms with Crippen LogP contribution < -0.4 is 0 Å². The summed E-state index contributed by atoms with van der Waals surface area (Å²) in [6.45, 7) is 13.0. The molecule has 0 amide bonds. The lowest BCUT2D eigenvalue weighted by molar-refractivity contribution is 0.448. The van der Waals surface area contributed by atoms with Crippen LogP contribution in [0.15, 0.2) is 24.5 Å². The number of allylic oxidation sites excluding steroid dienone is 2. The summed E-state index contributed by atoms with van der Waals surface area (Å²) in [5, 5.41) is 0. The first-order chi connectivity index (χ1) is 9.17. The van der Waals surface area contributed by atoms with Crippen LogP contribution in [0.5, 0.6) is 0 Å². The van der Waals surface area contributed by atoms with Gasteiger partial charge in [0.2, 0.25) is 8.32 Å². The zero-order valence-electron chi connectivity index (χ0n) is 13.6. The molecule has 2 heteroatoms. The van der Waals surface area contributed by atoms with Gasteiger partial charge in [0.1, 0.15) is 0 Å². The molecule has 112 valence electrons. The van der Waals surface area contributed by atoms with E-state index >= 15 is 0 Å². The van der Waals surface area contributed by atoms with Gasteiger partial charge in [0, 0.05) is 0 Å². The smallest absolute Gasteiger partial charge is 0.249 e. The van der Waals surface area contributed by atoms with Crippen LogP contribution in [0.4, 0.5) is 0 Å². The summed E-state index contributed by atoms with van der Waals surface area (Å²) in [4.78, 5) is 0. The highest BCUT2D eigenvalue weighted by molar-refractivity contribution is 6.73. The minimum Gasteiger partial charge on any atom is -0.549 e. The normalized spacial score (nSPS) is 12.5. The molecule has 0 spiro atoms. The molecule has 0 N–H and O–H groups in total. The van der Waals surface area contributed by atoms with Crippen molar-refractivity contribution in [1.29, 1.82) is 0 Å². The number of unbranched alkanes of at least 4 members (excludes halogenated alkanes) is 3. The fraction of sp³-hybridized carbons (Fsp3) is 0.765. The second-order valence-electron chi connectivity index (χ2n) is 5.44. The SMILES string of the molecule is C=CC/C(=C/O[Si](CC)(CC)CC)CCCCCC. The van der Waals surface area contributed by atoms with Gasteiger partial charge in [0.15, 0.2) is 0 Å². The predicted molar refractivity (Wildman–Crippen MR) is 89.9 cm³/mol. The zero-order chi connectivity index (χ0) is 14.6. The van der Waals surface area contributed by atoms with Crippen molar-refractivity contribution in [2.24, 2.45) is 0 Å². The maximum atomic E-state index is 6.28. The zero-order valence-corrected chi connectivity index (χ0v) is 14.6. The first-order valence-corrected chi connectivity index (χ1v) is 10.7. The highest BCUT2D eigenvalue weighted by Gasteiger charge is 2.29. The number of rotatable bonds is 12. The van der Waals surface area contributed by atoms with Crippen molar-refractivity contribution in [2.75, 3.05) is 0 Å². The summed E-state index contributed by atoms with van der Waals surface area (Å²) >= 11 is 0. The first-order valence-electron chi connectivity index (χ1n) is 8.14. The third-order valence-corrected chi connectivity index (χ3v) is 8.65. The lowest BCUT2D eigenvalue weighted by atomic mass is 10.1. The Morgan fingerprint density at radius 2 is 1.63 bits per heavy atom. The Bertz CT molecular complexity index is 246. The third-order valence-electron chi connectivity index (χ3n) is 4.17. The summed E-state index contributed by atoms with van der Waals surface area (Å²) in [5.74, 6) is 0. The molecule has 0 saturated heterocycles. The quantitative estimate of drug-likeness (QED) is 0.173. The molecule has 0 aromatic carbocycles. The van der Waals surface area contributed by atoms with Crippen molar-refractivity contribution in [3.05, 3.63) is 24.5 Å². The van der Waals surface area contributed by atoms with Gasteiger partial charge in [-0.15, -0.1) is 6.58 Å². The number of hydrogen-bond donors (Lipinski definition) is 0. The second kappa shape index (κ2) is 11.3. The van der Waals surface area contributed by atoms with Crippen molar-refractivity contribution >= 4 is 8.32 Å². The Hall–Kier alpha value is -0.503. The van der Waals surface area contributed by atoms with Crippen molar-refractivity contribution < 1.29 is 4.43 Å². The van der Waals surface area contributed by atoms with Crippen LogP contribution in [0.2, 0.25) is 18.1 Å². The molecule has 0 aliphatic heterocycles. The maximum absolute atomic E-state index is 6.28. The van der Waals surface area contributed by atoms with Crippen LogP contribution in [-0.2, 0) is 4.43 Å². The van der Waals surface area contributed by atoms with Gasteiger partial charge in [-0.3, -0.25) is 0 Å². The van der Waals surface area contributed by atoms with Gasteiger partial charge in [-0.05, 0) is 43.0 Å². The van der Waals surface area contributed by atoms with Crippen LogP contribution in [0.3, 0.4) is 0 Å². The molecule has 0 unspecified atom stereocenters. The average Bonchev–Trinajstić information content (AvgIpc) is 2.45. The largest absolute Gasteiger partial charge is 0.549 e. The van der Waals surface area contributed by atoms with Crippen LogP contribution in [0.1, 0.15) is 66.2 Å². The Balaban J connectivity index is 4.41. The Kier molecular flexibility index (Phi) is 11.0. The lowest BCUT2D eigenvalue weighted by Crippen LogP contribution is -2.33. The van der Waals surface area contributed by atoms with E-state index in [4.69, 9.17) is 4.43 Å². The Labute approximate surface area is 122 Å². The van der Waals surface area contributed by atoms with Crippen molar-refractivity contribution in [1.82, 2.24) is 0 Å². The van der Waals surface area contributed by atoms with Gasteiger partial charge in [0.25, 0.3) is 0 Å². The van der Waals surface area contributed by atoms with Gasteiger partial charge in [-0.2, -0.15) is 0 Å². The Morgan fingerprint density at radius 3 is 2.11 bits per heavy atom. The van der Waals surface area contributed by atoms with E-state index < -0.39 is 8.32 Å². The maximum Gasteiger partial charge on any atom is 0.249 e. The molecule has 0 aliphatic rings. The molecular weight excluding hydrogens is 248 g/mol. The van der Waals surface area contributed by atoms with Gasteiger partial charge < -0.3 is 4.43 Å². The van der Waals surface area contributed by atoms with Crippen molar-refractivity contribution in [3.8, 4) is 0 Å². The molecular formula is C17H34OSi. The minimum atomic E-state index is -1.47. The topological polar surface area (TPSA) is 9.23 Å². The molecule has 0 aliphatic carbocycles. The Morgan fingerprint density at radius 1 is 1.00 bits per heavy atom. The first kappa shape index (κ1) is 18.5. The summed E-state index contributed by atoms with van der Waals surface area (Å²) in [5.41, 5.74) is 1.43. The molecule has 0 rings (SSSR count). The van der Waals surface area contributed by atoms with E-state index in [0.717, 1.165) is 6.42 Å².